The molecule has 1 aromatic heterocycles. The lowest BCUT2D eigenvalue weighted by molar-refractivity contribution is 0.280. The van der Waals surface area contributed by atoms with Gasteiger partial charge in [-0.3, -0.25) is 0 Å². The molecular formula is C20H22N2O2S. The van der Waals surface area contributed by atoms with Gasteiger partial charge in [0.25, 0.3) is 0 Å². The third-order valence-electron chi connectivity index (χ3n) is 5.08. The zero-order valence-electron chi connectivity index (χ0n) is 14.3. The number of para-hydroxylation sites is 1. The molecule has 2 aromatic carbocycles. The van der Waals surface area contributed by atoms with E-state index in [1.165, 1.54) is 28.4 Å². The van der Waals surface area contributed by atoms with E-state index in [9.17, 15) is 8.42 Å². The van der Waals surface area contributed by atoms with Gasteiger partial charge < -0.3 is 4.57 Å². The Labute approximate surface area is 148 Å². The first-order chi connectivity index (χ1) is 12.0. The van der Waals surface area contributed by atoms with Crippen molar-refractivity contribution in [2.45, 2.75) is 18.9 Å². The Morgan fingerprint density at radius 3 is 2.24 bits per heavy atom. The Morgan fingerprint density at radius 2 is 1.56 bits per heavy atom. The summed E-state index contributed by atoms with van der Waals surface area (Å²) in [7, 11) is -3.10. The standard InChI is InChI=1S/C20H22N2O2S/c1-25(23,24)21-13-11-18(12-14-21)22-19-10-6-5-9-17(19)15-20(22)16-7-3-2-4-8-16/h2-10,15,18H,11-14H2,1H3. The van der Waals surface area contributed by atoms with Crippen LogP contribution in [0.3, 0.4) is 0 Å². The molecule has 130 valence electrons. The van der Waals surface area contributed by atoms with Crippen LogP contribution >= 0.6 is 0 Å². The minimum atomic E-state index is -3.10. The first kappa shape index (κ1) is 16.4. The maximum atomic E-state index is 11.8. The van der Waals surface area contributed by atoms with Crippen LogP contribution in [0.5, 0.6) is 0 Å². The molecule has 3 aromatic rings. The monoisotopic (exact) mass is 354 g/mol. The summed E-state index contributed by atoms with van der Waals surface area (Å²) < 4.78 is 27.6. The molecule has 4 nitrogen and oxygen atoms in total. The predicted octanol–water partition coefficient (Wildman–Crippen LogP) is 3.90. The van der Waals surface area contributed by atoms with Crippen LogP contribution in [0.2, 0.25) is 0 Å². The molecule has 1 fully saturated rings. The molecule has 4 rings (SSSR count). The van der Waals surface area contributed by atoms with Gasteiger partial charge in [-0.05, 0) is 30.5 Å². The van der Waals surface area contributed by atoms with Crippen molar-refractivity contribution in [1.82, 2.24) is 8.87 Å². The molecule has 0 aliphatic carbocycles. The Bertz CT molecular complexity index is 985. The summed E-state index contributed by atoms with van der Waals surface area (Å²) in [5.74, 6) is 0. The zero-order chi connectivity index (χ0) is 17.4. The number of rotatable bonds is 3. The Balaban J connectivity index is 1.76. The second-order valence-corrected chi connectivity index (χ2v) is 8.70. The maximum Gasteiger partial charge on any atom is 0.211 e. The van der Waals surface area contributed by atoms with E-state index in [1.807, 2.05) is 6.07 Å². The van der Waals surface area contributed by atoms with Crippen LogP contribution in [-0.2, 0) is 10.0 Å². The molecule has 0 bridgehead atoms. The lowest BCUT2D eigenvalue weighted by atomic mass is 10.0. The fourth-order valence-corrected chi connectivity index (χ4v) is 4.71. The Kier molecular flexibility index (Phi) is 4.13. The fourth-order valence-electron chi connectivity index (χ4n) is 3.83. The second-order valence-electron chi connectivity index (χ2n) is 6.72. The van der Waals surface area contributed by atoms with E-state index in [1.54, 1.807) is 4.31 Å². The molecule has 5 heteroatoms. The number of benzene rings is 2. The number of aromatic nitrogens is 1. The zero-order valence-corrected chi connectivity index (χ0v) is 15.1. The number of sulfonamides is 1. The van der Waals surface area contributed by atoms with Crippen molar-refractivity contribution < 1.29 is 8.42 Å². The normalized spacial score (nSPS) is 17.2. The van der Waals surface area contributed by atoms with E-state index >= 15 is 0 Å². The molecule has 0 spiro atoms. The van der Waals surface area contributed by atoms with Crippen molar-refractivity contribution in [2.75, 3.05) is 19.3 Å². The van der Waals surface area contributed by atoms with Crippen LogP contribution in [-0.4, -0.2) is 36.6 Å². The molecule has 25 heavy (non-hydrogen) atoms. The highest BCUT2D eigenvalue weighted by atomic mass is 32.2. The number of fused-ring (bicyclic) bond motifs is 1. The molecule has 2 heterocycles. The predicted molar refractivity (Wildman–Crippen MR) is 102 cm³/mol. The van der Waals surface area contributed by atoms with Gasteiger partial charge in [0.15, 0.2) is 0 Å². The third kappa shape index (κ3) is 3.10. The average Bonchev–Trinajstić information content (AvgIpc) is 3.01. The molecule has 1 saturated heterocycles. The number of hydrogen-bond acceptors (Lipinski definition) is 2. The topological polar surface area (TPSA) is 42.3 Å². The molecule has 1 aliphatic rings. The summed E-state index contributed by atoms with van der Waals surface area (Å²) >= 11 is 0. The SMILES string of the molecule is CS(=O)(=O)N1CCC(n2c(-c3ccccc3)cc3ccccc32)CC1. The fraction of sp³-hybridized carbons (Fsp3) is 0.300. The summed E-state index contributed by atoms with van der Waals surface area (Å²) in [6, 6.07) is 21.4. The van der Waals surface area contributed by atoms with E-state index in [2.05, 4.69) is 59.2 Å². The maximum absolute atomic E-state index is 11.8. The van der Waals surface area contributed by atoms with Crippen molar-refractivity contribution in [2.24, 2.45) is 0 Å². The minimum Gasteiger partial charge on any atom is -0.337 e. The van der Waals surface area contributed by atoms with Gasteiger partial charge in [-0.15, -0.1) is 0 Å². The van der Waals surface area contributed by atoms with Crippen molar-refractivity contribution in [3.05, 3.63) is 60.7 Å². The quantitative estimate of drug-likeness (QED) is 0.716. The van der Waals surface area contributed by atoms with Crippen molar-refractivity contribution in [1.29, 1.82) is 0 Å². The lowest BCUT2D eigenvalue weighted by Gasteiger charge is -2.32. The van der Waals surface area contributed by atoms with E-state index in [4.69, 9.17) is 0 Å². The van der Waals surface area contributed by atoms with Gasteiger partial charge >= 0.3 is 0 Å². The van der Waals surface area contributed by atoms with Crippen LogP contribution in [0.1, 0.15) is 18.9 Å². The van der Waals surface area contributed by atoms with Crippen LogP contribution in [0.4, 0.5) is 0 Å². The molecule has 0 radical (unpaired) electrons. The van der Waals surface area contributed by atoms with Gasteiger partial charge in [0.2, 0.25) is 10.0 Å². The van der Waals surface area contributed by atoms with Gasteiger partial charge in [0.1, 0.15) is 0 Å². The minimum absolute atomic E-state index is 0.313. The van der Waals surface area contributed by atoms with E-state index in [-0.39, 0.29) is 0 Å². The molecule has 0 N–H and O–H groups in total. The lowest BCUT2D eigenvalue weighted by Crippen LogP contribution is -2.38. The van der Waals surface area contributed by atoms with Gasteiger partial charge in [0.05, 0.1) is 6.26 Å². The number of piperidine rings is 1. The van der Waals surface area contributed by atoms with Gasteiger partial charge in [-0.2, -0.15) is 0 Å². The Hall–Kier alpha value is -2.11. The van der Waals surface area contributed by atoms with Crippen LogP contribution in [0, 0.1) is 0 Å². The van der Waals surface area contributed by atoms with Gasteiger partial charge in [-0.25, -0.2) is 12.7 Å². The second kappa shape index (κ2) is 6.32. The van der Waals surface area contributed by atoms with E-state index in [0.717, 1.165) is 12.8 Å². The largest absolute Gasteiger partial charge is 0.337 e. The summed E-state index contributed by atoms with van der Waals surface area (Å²) in [4.78, 5) is 0. The first-order valence-electron chi connectivity index (χ1n) is 8.64. The highest BCUT2D eigenvalue weighted by Crippen LogP contribution is 2.35. The molecule has 0 amide bonds. The highest BCUT2D eigenvalue weighted by Gasteiger charge is 2.27. The smallest absolute Gasteiger partial charge is 0.211 e. The van der Waals surface area contributed by atoms with Crippen molar-refractivity contribution >= 4 is 20.9 Å². The number of nitrogens with zero attached hydrogens (tertiary/aromatic N) is 2. The molecular weight excluding hydrogens is 332 g/mol. The molecule has 0 unspecified atom stereocenters. The summed E-state index contributed by atoms with van der Waals surface area (Å²) in [6.07, 6.45) is 2.98. The summed E-state index contributed by atoms with van der Waals surface area (Å²) in [6.45, 7) is 1.18. The van der Waals surface area contributed by atoms with Crippen molar-refractivity contribution in [3.8, 4) is 11.3 Å². The first-order valence-corrected chi connectivity index (χ1v) is 10.5. The highest BCUT2D eigenvalue weighted by molar-refractivity contribution is 7.88. The van der Waals surface area contributed by atoms with Crippen molar-refractivity contribution in [3.63, 3.8) is 0 Å². The van der Waals surface area contributed by atoms with Gasteiger partial charge in [0, 0.05) is 35.7 Å². The Morgan fingerprint density at radius 1 is 0.920 bits per heavy atom. The average molecular weight is 354 g/mol. The van der Waals surface area contributed by atoms with E-state index in [0.29, 0.717) is 19.1 Å². The molecule has 0 atom stereocenters. The molecule has 1 aliphatic heterocycles. The summed E-state index contributed by atoms with van der Waals surface area (Å²) in [5.41, 5.74) is 3.63. The van der Waals surface area contributed by atoms with E-state index < -0.39 is 10.0 Å². The van der Waals surface area contributed by atoms with Gasteiger partial charge in [-0.1, -0.05) is 48.5 Å². The van der Waals surface area contributed by atoms with Crippen LogP contribution in [0.25, 0.3) is 22.2 Å². The molecule has 0 saturated carbocycles. The van der Waals surface area contributed by atoms with Crippen LogP contribution in [0.15, 0.2) is 60.7 Å². The third-order valence-corrected chi connectivity index (χ3v) is 6.38. The van der Waals surface area contributed by atoms with Crippen LogP contribution < -0.4 is 0 Å². The number of hydrogen-bond donors (Lipinski definition) is 0. The summed E-state index contributed by atoms with van der Waals surface area (Å²) in [5, 5.41) is 1.23.